The Balaban J connectivity index is 2.06. The fourth-order valence-corrected chi connectivity index (χ4v) is 3.26. The zero-order chi connectivity index (χ0) is 19.2. The monoisotopic (exact) mass is 363 g/mol. The number of pyridine rings is 1. The van der Waals surface area contributed by atoms with E-state index >= 15 is 0 Å². The summed E-state index contributed by atoms with van der Waals surface area (Å²) in [5, 5.41) is 16.3. The summed E-state index contributed by atoms with van der Waals surface area (Å²) in [7, 11) is 1.82. The number of carbonyl (C=O) groups is 1. The topological polar surface area (TPSA) is 80.7 Å². The van der Waals surface area contributed by atoms with Gasteiger partial charge in [-0.2, -0.15) is 0 Å². The fourth-order valence-electron chi connectivity index (χ4n) is 3.26. The number of likely N-dealkylation sites (N-methyl/N-ethyl adjacent to an activating group) is 1. The Morgan fingerprint density at radius 2 is 2.19 bits per heavy atom. The van der Waals surface area contributed by atoms with Crippen molar-refractivity contribution in [3.8, 4) is 0 Å². The van der Waals surface area contributed by atoms with Gasteiger partial charge in [0.2, 0.25) is 5.91 Å². The molecule has 2 rings (SSSR count). The maximum absolute atomic E-state index is 12.9. The molecule has 1 aliphatic heterocycles. The van der Waals surface area contributed by atoms with E-state index in [0.29, 0.717) is 19.6 Å². The molecular formula is C19H33N5O2. The lowest BCUT2D eigenvalue weighted by molar-refractivity contribution is -0.131. The quantitative estimate of drug-likeness (QED) is 0.636. The molecule has 1 aromatic rings. The third-order valence-corrected chi connectivity index (χ3v) is 4.39. The molecule has 0 aliphatic carbocycles. The largest absolute Gasteiger partial charge is 0.390 e. The van der Waals surface area contributed by atoms with Gasteiger partial charge in [-0.3, -0.25) is 19.6 Å². The Kier molecular flexibility index (Phi) is 7.52. The van der Waals surface area contributed by atoms with Gasteiger partial charge < -0.3 is 15.7 Å². The summed E-state index contributed by atoms with van der Waals surface area (Å²) in [5.41, 5.74) is 0.865. The number of hydrogen-bond acceptors (Lipinski definition) is 6. The zero-order valence-corrected chi connectivity index (χ0v) is 16.4. The van der Waals surface area contributed by atoms with E-state index in [9.17, 15) is 9.90 Å². The van der Waals surface area contributed by atoms with Crippen LogP contribution in [0.1, 0.15) is 26.3 Å². The molecule has 1 fully saturated rings. The van der Waals surface area contributed by atoms with Crippen LogP contribution in [0.5, 0.6) is 0 Å². The van der Waals surface area contributed by atoms with Crippen LogP contribution in [-0.2, 0) is 11.3 Å². The molecule has 2 heterocycles. The summed E-state index contributed by atoms with van der Waals surface area (Å²) in [6.45, 7) is 10.0. The minimum atomic E-state index is -0.491. The normalized spacial score (nSPS) is 20.7. The Labute approximate surface area is 156 Å². The predicted molar refractivity (Wildman–Crippen MR) is 103 cm³/mol. The maximum atomic E-state index is 12.9. The fraction of sp³-hybridized carbons (Fsp3) is 0.684. The van der Waals surface area contributed by atoms with Crippen molar-refractivity contribution < 1.29 is 9.90 Å². The van der Waals surface area contributed by atoms with E-state index in [1.807, 2.05) is 40.1 Å². The molecule has 0 bridgehead atoms. The zero-order valence-electron chi connectivity index (χ0n) is 16.4. The minimum Gasteiger partial charge on any atom is -0.390 e. The van der Waals surface area contributed by atoms with E-state index in [-0.39, 0.29) is 17.5 Å². The first-order valence-corrected chi connectivity index (χ1v) is 9.28. The highest BCUT2D eigenvalue weighted by molar-refractivity contribution is 5.82. The van der Waals surface area contributed by atoms with E-state index < -0.39 is 6.10 Å². The maximum Gasteiger partial charge on any atom is 0.239 e. The second-order valence-electron chi connectivity index (χ2n) is 8.06. The number of rotatable bonds is 7. The van der Waals surface area contributed by atoms with Crippen molar-refractivity contribution in [1.82, 2.24) is 25.4 Å². The SMILES string of the molecule is CNC[C@H](O)CN1CCN(Cc2cccnc2)C[C@H]1C(=O)NC(C)(C)C. The molecule has 26 heavy (non-hydrogen) atoms. The molecule has 0 aromatic carbocycles. The van der Waals surface area contributed by atoms with Crippen molar-refractivity contribution in [2.24, 2.45) is 0 Å². The van der Waals surface area contributed by atoms with Crippen LogP contribution in [0.4, 0.5) is 0 Å². The van der Waals surface area contributed by atoms with Crippen molar-refractivity contribution in [2.45, 2.75) is 45.0 Å². The van der Waals surface area contributed by atoms with Gasteiger partial charge in [0.15, 0.2) is 0 Å². The highest BCUT2D eigenvalue weighted by Crippen LogP contribution is 2.15. The first-order chi connectivity index (χ1) is 12.3. The molecule has 1 aromatic heterocycles. The molecule has 7 nitrogen and oxygen atoms in total. The van der Waals surface area contributed by atoms with Gasteiger partial charge in [0.05, 0.1) is 6.10 Å². The van der Waals surface area contributed by atoms with E-state index in [0.717, 1.165) is 25.2 Å². The number of amides is 1. The van der Waals surface area contributed by atoms with Crippen LogP contribution < -0.4 is 10.6 Å². The predicted octanol–water partition coefficient (Wildman–Crippen LogP) is 0.0628. The minimum absolute atomic E-state index is 0.0186. The number of aromatic nitrogens is 1. The van der Waals surface area contributed by atoms with Gasteiger partial charge in [-0.25, -0.2) is 0 Å². The summed E-state index contributed by atoms with van der Waals surface area (Å²) in [5.74, 6) is 0.0186. The summed E-state index contributed by atoms with van der Waals surface area (Å²) in [6.07, 6.45) is 3.15. The average molecular weight is 364 g/mol. The van der Waals surface area contributed by atoms with Crippen LogP contribution >= 0.6 is 0 Å². The Hall–Kier alpha value is -1.54. The summed E-state index contributed by atoms with van der Waals surface area (Å²) < 4.78 is 0. The molecule has 0 unspecified atom stereocenters. The molecule has 0 saturated carbocycles. The molecule has 1 saturated heterocycles. The lowest BCUT2D eigenvalue weighted by Crippen LogP contribution is -2.62. The number of β-amino-alcohol motifs (C(OH)–C–C–N with tert-alkyl or cyclic N) is 1. The molecule has 0 spiro atoms. The van der Waals surface area contributed by atoms with Crippen molar-refractivity contribution >= 4 is 5.91 Å². The van der Waals surface area contributed by atoms with E-state index in [1.165, 1.54) is 0 Å². The molecule has 1 aliphatic rings. The third-order valence-electron chi connectivity index (χ3n) is 4.39. The lowest BCUT2D eigenvalue weighted by Gasteiger charge is -2.42. The average Bonchev–Trinajstić information content (AvgIpc) is 2.56. The number of aliphatic hydroxyl groups excluding tert-OH is 1. The Morgan fingerprint density at radius 1 is 1.42 bits per heavy atom. The molecule has 2 atom stereocenters. The lowest BCUT2D eigenvalue weighted by atomic mass is 10.1. The van der Waals surface area contributed by atoms with Gasteiger partial charge in [0.1, 0.15) is 6.04 Å². The van der Waals surface area contributed by atoms with Gasteiger partial charge in [-0.15, -0.1) is 0 Å². The van der Waals surface area contributed by atoms with Crippen LogP contribution in [-0.4, -0.2) is 83.3 Å². The molecule has 3 N–H and O–H groups in total. The third kappa shape index (κ3) is 6.64. The van der Waals surface area contributed by atoms with Crippen LogP contribution in [0, 0.1) is 0 Å². The van der Waals surface area contributed by atoms with Gasteiger partial charge in [0.25, 0.3) is 0 Å². The number of nitrogens with one attached hydrogen (secondary N) is 2. The Bertz CT molecular complexity index is 561. The summed E-state index contributed by atoms with van der Waals surface area (Å²) in [4.78, 5) is 21.4. The van der Waals surface area contributed by atoms with Crippen molar-refractivity contribution in [2.75, 3.05) is 39.8 Å². The number of carbonyl (C=O) groups excluding carboxylic acids is 1. The highest BCUT2D eigenvalue weighted by atomic mass is 16.3. The number of nitrogens with zero attached hydrogens (tertiary/aromatic N) is 3. The summed E-state index contributed by atoms with van der Waals surface area (Å²) in [6, 6.07) is 3.72. The smallest absolute Gasteiger partial charge is 0.239 e. The van der Waals surface area contributed by atoms with Gasteiger partial charge in [-0.1, -0.05) is 6.07 Å². The van der Waals surface area contributed by atoms with E-state index in [1.54, 1.807) is 6.20 Å². The Morgan fingerprint density at radius 3 is 2.81 bits per heavy atom. The second-order valence-corrected chi connectivity index (χ2v) is 8.06. The molecule has 146 valence electrons. The van der Waals surface area contributed by atoms with Gasteiger partial charge in [0, 0.05) is 57.2 Å². The first kappa shape index (κ1) is 20.8. The molecule has 0 radical (unpaired) electrons. The number of aliphatic hydroxyl groups is 1. The number of hydrogen-bond donors (Lipinski definition) is 3. The van der Waals surface area contributed by atoms with Crippen LogP contribution in [0.15, 0.2) is 24.5 Å². The van der Waals surface area contributed by atoms with E-state index in [2.05, 4.69) is 31.5 Å². The van der Waals surface area contributed by atoms with Crippen LogP contribution in [0.2, 0.25) is 0 Å². The highest BCUT2D eigenvalue weighted by Gasteiger charge is 2.34. The van der Waals surface area contributed by atoms with Crippen molar-refractivity contribution in [1.29, 1.82) is 0 Å². The molecule has 7 heteroatoms. The standard InChI is InChI=1S/C19H33N5O2/c1-19(2,3)22-18(26)17-14-23(12-15-6-5-7-21-10-15)8-9-24(17)13-16(25)11-20-4/h5-7,10,16-17,20,25H,8-9,11-14H2,1-4H3,(H,22,26)/t16-,17-/m0/s1. The molecule has 1 amide bonds. The van der Waals surface area contributed by atoms with Crippen LogP contribution in [0.25, 0.3) is 0 Å². The number of piperazine rings is 1. The second kappa shape index (κ2) is 9.41. The first-order valence-electron chi connectivity index (χ1n) is 9.28. The van der Waals surface area contributed by atoms with E-state index in [4.69, 9.17) is 0 Å². The summed E-state index contributed by atoms with van der Waals surface area (Å²) >= 11 is 0. The van der Waals surface area contributed by atoms with Crippen LogP contribution in [0.3, 0.4) is 0 Å². The van der Waals surface area contributed by atoms with Gasteiger partial charge >= 0.3 is 0 Å². The molecular weight excluding hydrogens is 330 g/mol. The van der Waals surface area contributed by atoms with Gasteiger partial charge in [-0.05, 0) is 39.4 Å². The van der Waals surface area contributed by atoms with Crippen molar-refractivity contribution in [3.63, 3.8) is 0 Å². The van der Waals surface area contributed by atoms with Crippen molar-refractivity contribution in [3.05, 3.63) is 30.1 Å².